The molecule has 4 nitrogen and oxygen atoms in total. The highest BCUT2D eigenvalue weighted by atomic mass is 16.3. The minimum absolute atomic E-state index is 0.236. The summed E-state index contributed by atoms with van der Waals surface area (Å²) >= 11 is 0. The monoisotopic (exact) mass is 263 g/mol. The third-order valence-corrected chi connectivity index (χ3v) is 4.02. The molecule has 2 rings (SSSR count). The van der Waals surface area contributed by atoms with Gasteiger partial charge in [-0.25, -0.2) is 0 Å². The summed E-state index contributed by atoms with van der Waals surface area (Å²) in [4.78, 5) is 12.2. The number of carbonyl (C=O) groups excluding carboxylic acids is 1. The van der Waals surface area contributed by atoms with Crippen LogP contribution in [0, 0.1) is 0 Å². The van der Waals surface area contributed by atoms with E-state index in [4.69, 9.17) is 0 Å². The molecule has 0 bridgehead atoms. The number of benzene rings is 1. The molecule has 0 saturated heterocycles. The predicted molar refractivity (Wildman–Crippen MR) is 73.1 cm³/mol. The maximum Gasteiger partial charge on any atom is 0.251 e. The van der Waals surface area contributed by atoms with Crippen LogP contribution >= 0.6 is 0 Å². The number of amides is 1. The predicted octanol–water partition coefficient (Wildman–Crippen LogP) is 1.04. The van der Waals surface area contributed by atoms with E-state index in [1.165, 1.54) is 11.1 Å². The Morgan fingerprint density at radius 3 is 2.58 bits per heavy atom. The van der Waals surface area contributed by atoms with Crippen LogP contribution in [0.1, 0.15) is 41.3 Å². The number of aliphatic hydroxyl groups is 2. The molecule has 0 unspecified atom stereocenters. The van der Waals surface area contributed by atoms with Crippen molar-refractivity contribution in [3.05, 3.63) is 34.9 Å². The molecule has 0 aromatic heterocycles. The topological polar surface area (TPSA) is 69.6 Å². The van der Waals surface area contributed by atoms with Gasteiger partial charge in [0.1, 0.15) is 0 Å². The van der Waals surface area contributed by atoms with Gasteiger partial charge in [0.05, 0.1) is 18.8 Å². The number of nitrogens with one attached hydrogen (secondary N) is 1. The molecule has 104 valence electrons. The Bertz CT molecular complexity index is 458. The SMILES string of the molecule is CCC(CO)(CO)NC(=O)c1ccc2c(c1)CCC2. The summed E-state index contributed by atoms with van der Waals surface area (Å²) in [6.45, 7) is 1.29. The maximum atomic E-state index is 12.2. The van der Waals surface area contributed by atoms with Crippen molar-refractivity contribution in [2.24, 2.45) is 0 Å². The quantitative estimate of drug-likeness (QED) is 0.743. The molecule has 0 saturated carbocycles. The maximum absolute atomic E-state index is 12.2. The second-order valence-electron chi connectivity index (χ2n) is 5.24. The second kappa shape index (κ2) is 5.72. The Hall–Kier alpha value is -1.39. The largest absolute Gasteiger partial charge is 0.394 e. The highest BCUT2D eigenvalue weighted by molar-refractivity contribution is 5.95. The van der Waals surface area contributed by atoms with E-state index in [-0.39, 0.29) is 19.1 Å². The first-order valence-electron chi connectivity index (χ1n) is 6.80. The Balaban J connectivity index is 2.16. The van der Waals surface area contributed by atoms with Crippen molar-refractivity contribution in [3.63, 3.8) is 0 Å². The van der Waals surface area contributed by atoms with E-state index in [0.29, 0.717) is 12.0 Å². The summed E-state index contributed by atoms with van der Waals surface area (Å²) in [5.74, 6) is -0.236. The van der Waals surface area contributed by atoms with Crippen molar-refractivity contribution in [2.75, 3.05) is 13.2 Å². The smallest absolute Gasteiger partial charge is 0.251 e. The summed E-state index contributed by atoms with van der Waals surface area (Å²) in [5.41, 5.74) is 2.22. The van der Waals surface area contributed by atoms with E-state index in [2.05, 4.69) is 5.32 Å². The molecule has 0 atom stereocenters. The molecular formula is C15H21NO3. The fourth-order valence-corrected chi connectivity index (χ4v) is 2.47. The van der Waals surface area contributed by atoms with Crippen LogP contribution in [0.3, 0.4) is 0 Å². The van der Waals surface area contributed by atoms with Gasteiger partial charge in [0.15, 0.2) is 0 Å². The summed E-state index contributed by atoms with van der Waals surface area (Å²) in [6.07, 6.45) is 3.74. The normalized spacial score (nSPS) is 14.3. The van der Waals surface area contributed by atoms with Gasteiger partial charge >= 0.3 is 0 Å². The number of hydrogen-bond acceptors (Lipinski definition) is 3. The average Bonchev–Trinajstić information content (AvgIpc) is 2.92. The zero-order valence-corrected chi connectivity index (χ0v) is 11.3. The number of hydrogen-bond donors (Lipinski definition) is 3. The first-order valence-corrected chi connectivity index (χ1v) is 6.80. The lowest BCUT2D eigenvalue weighted by molar-refractivity contribution is 0.0653. The summed E-state index contributed by atoms with van der Waals surface area (Å²) < 4.78 is 0. The summed E-state index contributed by atoms with van der Waals surface area (Å²) in [7, 11) is 0. The number of rotatable bonds is 5. The number of carbonyl (C=O) groups is 1. The minimum Gasteiger partial charge on any atom is -0.394 e. The molecule has 19 heavy (non-hydrogen) atoms. The molecule has 1 aliphatic carbocycles. The molecule has 1 aromatic rings. The van der Waals surface area contributed by atoms with Gasteiger partial charge in [-0.05, 0) is 48.9 Å². The van der Waals surface area contributed by atoms with Gasteiger partial charge in [-0.15, -0.1) is 0 Å². The van der Waals surface area contributed by atoms with Crippen molar-refractivity contribution < 1.29 is 15.0 Å². The van der Waals surface area contributed by atoms with E-state index in [1.807, 2.05) is 25.1 Å². The first kappa shape index (κ1) is 14.0. The number of aliphatic hydroxyl groups excluding tert-OH is 2. The third-order valence-electron chi connectivity index (χ3n) is 4.02. The minimum atomic E-state index is -0.934. The Morgan fingerprint density at radius 2 is 1.95 bits per heavy atom. The van der Waals surface area contributed by atoms with Crippen molar-refractivity contribution >= 4 is 5.91 Å². The molecule has 1 amide bonds. The van der Waals surface area contributed by atoms with E-state index in [9.17, 15) is 15.0 Å². The van der Waals surface area contributed by atoms with Crippen molar-refractivity contribution in [1.29, 1.82) is 0 Å². The standard InChI is InChI=1S/C15H21NO3/c1-2-15(9-17,10-18)16-14(19)13-7-6-11-4-3-5-12(11)8-13/h6-8,17-18H,2-5,9-10H2,1H3,(H,16,19). The number of fused-ring (bicyclic) bond motifs is 1. The van der Waals surface area contributed by atoms with Crippen LogP contribution in [-0.2, 0) is 12.8 Å². The molecule has 3 N–H and O–H groups in total. The molecule has 0 aliphatic heterocycles. The zero-order valence-electron chi connectivity index (χ0n) is 11.3. The molecule has 0 fully saturated rings. The van der Waals surface area contributed by atoms with E-state index in [1.54, 1.807) is 0 Å². The fraction of sp³-hybridized carbons (Fsp3) is 0.533. The second-order valence-corrected chi connectivity index (χ2v) is 5.24. The molecule has 1 aliphatic rings. The lowest BCUT2D eigenvalue weighted by Gasteiger charge is -2.29. The van der Waals surface area contributed by atoms with Crippen LogP contribution in [0.25, 0.3) is 0 Å². The molecule has 0 heterocycles. The Morgan fingerprint density at radius 1 is 1.26 bits per heavy atom. The molecule has 4 heteroatoms. The van der Waals surface area contributed by atoms with Gasteiger partial charge < -0.3 is 15.5 Å². The van der Waals surface area contributed by atoms with Crippen LogP contribution in [0.2, 0.25) is 0 Å². The summed E-state index contributed by atoms with van der Waals surface area (Å²) in [6, 6.07) is 5.74. The summed E-state index contributed by atoms with van der Waals surface area (Å²) in [5, 5.41) is 21.5. The van der Waals surface area contributed by atoms with Crippen molar-refractivity contribution in [2.45, 2.75) is 38.1 Å². The van der Waals surface area contributed by atoms with Gasteiger partial charge in [0.25, 0.3) is 5.91 Å². The lowest BCUT2D eigenvalue weighted by atomic mass is 9.97. The van der Waals surface area contributed by atoms with Gasteiger partial charge in [0, 0.05) is 5.56 Å². The van der Waals surface area contributed by atoms with Crippen molar-refractivity contribution in [1.82, 2.24) is 5.32 Å². The third kappa shape index (κ3) is 2.80. The van der Waals surface area contributed by atoms with Crippen LogP contribution in [-0.4, -0.2) is 34.9 Å². The van der Waals surface area contributed by atoms with E-state index >= 15 is 0 Å². The fourth-order valence-electron chi connectivity index (χ4n) is 2.47. The zero-order chi connectivity index (χ0) is 13.9. The molecule has 0 spiro atoms. The van der Waals surface area contributed by atoms with Crippen LogP contribution in [0.5, 0.6) is 0 Å². The van der Waals surface area contributed by atoms with Crippen LogP contribution in [0.4, 0.5) is 0 Å². The van der Waals surface area contributed by atoms with Gasteiger partial charge in [-0.3, -0.25) is 4.79 Å². The van der Waals surface area contributed by atoms with Gasteiger partial charge in [-0.1, -0.05) is 13.0 Å². The Labute approximate surface area is 113 Å². The number of aryl methyl sites for hydroxylation is 2. The highest BCUT2D eigenvalue weighted by Crippen LogP contribution is 2.23. The van der Waals surface area contributed by atoms with E-state index < -0.39 is 5.54 Å². The molecule has 1 aromatic carbocycles. The van der Waals surface area contributed by atoms with Crippen LogP contribution in [0.15, 0.2) is 18.2 Å². The highest BCUT2D eigenvalue weighted by Gasteiger charge is 2.29. The molecular weight excluding hydrogens is 242 g/mol. The first-order chi connectivity index (χ1) is 9.14. The lowest BCUT2D eigenvalue weighted by Crippen LogP contribution is -2.53. The Kier molecular flexibility index (Phi) is 4.22. The average molecular weight is 263 g/mol. The van der Waals surface area contributed by atoms with Crippen LogP contribution < -0.4 is 5.32 Å². The molecule has 0 radical (unpaired) electrons. The van der Waals surface area contributed by atoms with Gasteiger partial charge in [0.2, 0.25) is 0 Å². The van der Waals surface area contributed by atoms with E-state index in [0.717, 1.165) is 19.3 Å². The van der Waals surface area contributed by atoms with Crippen molar-refractivity contribution in [3.8, 4) is 0 Å². The van der Waals surface area contributed by atoms with Gasteiger partial charge in [-0.2, -0.15) is 0 Å².